The zero-order valence-corrected chi connectivity index (χ0v) is 8.65. The number of hydrogen-bond donors (Lipinski definition) is 1. The Hall–Kier alpha value is -0.960. The Balaban J connectivity index is 2.64. The molecule has 0 unspecified atom stereocenters. The summed E-state index contributed by atoms with van der Waals surface area (Å²) in [4.78, 5) is 0. The highest BCUT2D eigenvalue weighted by atomic mass is 32.2. The first kappa shape index (κ1) is 10.1. The topological polar surface area (TPSA) is 33.1 Å². The summed E-state index contributed by atoms with van der Waals surface area (Å²) in [6.45, 7) is 0. The van der Waals surface area contributed by atoms with Crippen molar-refractivity contribution in [1.82, 2.24) is 0 Å². The minimum absolute atomic E-state index is 0.685. The molecule has 0 saturated heterocycles. The van der Waals surface area contributed by atoms with Crippen LogP contribution in [0.1, 0.15) is 5.56 Å². The van der Waals surface area contributed by atoms with Crippen molar-refractivity contribution in [3.8, 4) is 5.75 Å². The first-order chi connectivity index (χ1) is 6.26. The summed E-state index contributed by atoms with van der Waals surface area (Å²) in [6, 6.07) is 7.82. The molecule has 0 saturated carbocycles. The quantitative estimate of drug-likeness (QED) is 0.594. The van der Waals surface area contributed by atoms with Gasteiger partial charge in [-0.1, -0.05) is 12.1 Å². The van der Waals surface area contributed by atoms with Gasteiger partial charge in [0.1, 0.15) is 5.75 Å². The Morgan fingerprint density at radius 3 is 2.46 bits per heavy atom. The van der Waals surface area contributed by atoms with E-state index in [-0.39, 0.29) is 0 Å². The van der Waals surface area contributed by atoms with E-state index in [1.165, 1.54) is 11.8 Å². The third kappa shape index (κ3) is 3.11. The predicted octanol–water partition coefficient (Wildman–Crippen LogP) is 2.58. The van der Waals surface area contributed by atoms with E-state index in [0.29, 0.717) is 11.5 Å². The lowest BCUT2D eigenvalue weighted by atomic mass is 10.1. The van der Waals surface area contributed by atoms with Gasteiger partial charge in [0.05, 0.1) is 12.2 Å². The molecule has 13 heavy (non-hydrogen) atoms. The molecule has 0 fully saturated rings. The second kappa shape index (κ2) is 4.92. The Kier molecular flexibility index (Phi) is 3.83. The molecule has 0 heterocycles. The Labute approximate surface area is 82.8 Å². The smallest absolute Gasteiger partial charge is 0.118 e. The van der Waals surface area contributed by atoms with Gasteiger partial charge in [-0.25, -0.2) is 0 Å². The molecule has 0 aliphatic rings. The molecule has 0 radical (unpaired) electrons. The van der Waals surface area contributed by atoms with Gasteiger partial charge in [-0.3, -0.25) is 5.41 Å². The average molecular weight is 195 g/mol. The molecule has 0 atom stereocenters. The van der Waals surface area contributed by atoms with E-state index in [1.54, 1.807) is 7.11 Å². The molecular formula is C10H13NOS. The summed E-state index contributed by atoms with van der Waals surface area (Å²) in [5.41, 5.74) is 1.15. The van der Waals surface area contributed by atoms with Crippen molar-refractivity contribution >= 4 is 16.8 Å². The van der Waals surface area contributed by atoms with Crippen molar-refractivity contribution in [2.24, 2.45) is 0 Å². The normalized spacial score (nSPS) is 9.69. The van der Waals surface area contributed by atoms with Crippen LogP contribution in [-0.4, -0.2) is 18.4 Å². The van der Waals surface area contributed by atoms with E-state index >= 15 is 0 Å². The molecule has 0 amide bonds. The van der Waals surface area contributed by atoms with Crippen LogP contribution in [0.25, 0.3) is 0 Å². The summed E-state index contributed by atoms with van der Waals surface area (Å²) < 4.78 is 5.04. The summed E-state index contributed by atoms with van der Waals surface area (Å²) in [5, 5.41) is 8.19. The van der Waals surface area contributed by atoms with Crippen LogP contribution in [0, 0.1) is 5.41 Å². The molecule has 0 aliphatic heterocycles. The van der Waals surface area contributed by atoms with Crippen LogP contribution in [0.3, 0.4) is 0 Å². The highest BCUT2D eigenvalue weighted by molar-refractivity contribution is 8.13. The molecule has 1 rings (SSSR count). The minimum Gasteiger partial charge on any atom is -0.497 e. The van der Waals surface area contributed by atoms with E-state index in [0.717, 1.165) is 11.3 Å². The zero-order chi connectivity index (χ0) is 9.68. The van der Waals surface area contributed by atoms with E-state index in [1.807, 2.05) is 30.5 Å². The number of benzene rings is 1. The fourth-order valence-corrected chi connectivity index (χ4v) is 1.31. The van der Waals surface area contributed by atoms with Gasteiger partial charge in [0.15, 0.2) is 0 Å². The van der Waals surface area contributed by atoms with Gasteiger partial charge in [-0.15, -0.1) is 11.8 Å². The van der Waals surface area contributed by atoms with Crippen LogP contribution in [0.2, 0.25) is 0 Å². The molecule has 0 bridgehead atoms. The molecule has 1 aromatic rings. The third-order valence-electron chi connectivity index (χ3n) is 1.77. The number of nitrogens with one attached hydrogen (secondary N) is 1. The van der Waals surface area contributed by atoms with Crippen molar-refractivity contribution in [3.63, 3.8) is 0 Å². The van der Waals surface area contributed by atoms with Gasteiger partial charge in [-0.2, -0.15) is 0 Å². The maximum atomic E-state index is 7.51. The molecule has 1 N–H and O–H groups in total. The lowest BCUT2D eigenvalue weighted by Crippen LogP contribution is -1.95. The highest BCUT2D eigenvalue weighted by Gasteiger charge is 1.97. The lowest BCUT2D eigenvalue weighted by Gasteiger charge is -2.02. The Morgan fingerprint density at radius 2 is 2.00 bits per heavy atom. The molecular weight excluding hydrogens is 182 g/mol. The fourth-order valence-electron chi connectivity index (χ4n) is 1.00. The number of methoxy groups -OCH3 is 1. The van der Waals surface area contributed by atoms with E-state index in [4.69, 9.17) is 10.1 Å². The van der Waals surface area contributed by atoms with Crippen molar-refractivity contribution in [3.05, 3.63) is 29.8 Å². The van der Waals surface area contributed by atoms with Gasteiger partial charge < -0.3 is 4.74 Å². The second-order valence-corrected chi connectivity index (χ2v) is 3.55. The molecule has 70 valence electrons. The van der Waals surface area contributed by atoms with Crippen molar-refractivity contribution in [1.29, 1.82) is 5.41 Å². The largest absolute Gasteiger partial charge is 0.497 e. The van der Waals surface area contributed by atoms with Crippen molar-refractivity contribution in [2.75, 3.05) is 13.4 Å². The monoisotopic (exact) mass is 195 g/mol. The van der Waals surface area contributed by atoms with Crippen LogP contribution >= 0.6 is 11.8 Å². The number of rotatable bonds is 3. The van der Waals surface area contributed by atoms with Crippen molar-refractivity contribution in [2.45, 2.75) is 6.42 Å². The minimum atomic E-state index is 0.685. The number of hydrogen-bond acceptors (Lipinski definition) is 3. The van der Waals surface area contributed by atoms with E-state index in [9.17, 15) is 0 Å². The van der Waals surface area contributed by atoms with Gasteiger partial charge >= 0.3 is 0 Å². The summed E-state index contributed by atoms with van der Waals surface area (Å²) >= 11 is 1.48. The van der Waals surface area contributed by atoms with Crippen LogP contribution in [0.4, 0.5) is 0 Å². The molecule has 0 aromatic heterocycles. The Morgan fingerprint density at radius 1 is 1.38 bits per heavy atom. The standard InChI is InChI=1S/C10H13NOS/c1-12-9-5-3-8(4-6-9)7-10(11)13-2/h3-6,11H,7H2,1-2H3. The first-order valence-electron chi connectivity index (χ1n) is 4.00. The molecule has 0 spiro atoms. The van der Waals surface area contributed by atoms with Crippen LogP contribution < -0.4 is 4.74 Å². The second-order valence-electron chi connectivity index (χ2n) is 2.65. The Bertz CT molecular complexity index is 281. The summed E-state index contributed by atoms with van der Waals surface area (Å²) in [6.07, 6.45) is 2.64. The summed E-state index contributed by atoms with van der Waals surface area (Å²) in [5.74, 6) is 0.861. The molecule has 0 aliphatic carbocycles. The highest BCUT2D eigenvalue weighted by Crippen LogP contribution is 2.13. The van der Waals surface area contributed by atoms with Gasteiger partial charge in [-0.05, 0) is 24.0 Å². The number of thioether (sulfide) groups is 1. The fraction of sp³-hybridized carbons (Fsp3) is 0.300. The van der Waals surface area contributed by atoms with Crippen molar-refractivity contribution < 1.29 is 4.74 Å². The van der Waals surface area contributed by atoms with Gasteiger partial charge in [0, 0.05) is 6.42 Å². The molecule has 2 nitrogen and oxygen atoms in total. The maximum absolute atomic E-state index is 7.51. The lowest BCUT2D eigenvalue weighted by molar-refractivity contribution is 0.414. The zero-order valence-electron chi connectivity index (χ0n) is 7.83. The van der Waals surface area contributed by atoms with Gasteiger partial charge in [0.2, 0.25) is 0 Å². The molecule has 1 aromatic carbocycles. The predicted molar refractivity (Wildman–Crippen MR) is 57.9 cm³/mol. The maximum Gasteiger partial charge on any atom is 0.118 e. The first-order valence-corrected chi connectivity index (χ1v) is 5.23. The summed E-state index contributed by atoms with van der Waals surface area (Å²) in [7, 11) is 1.65. The van der Waals surface area contributed by atoms with E-state index in [2.05, 4.69) is 0 Å². The molecule has 3 heteroatoms. The third-order valence-corrected chi connectivity index (χ3v) is 2.41. The van der Waals surface area contributed by atoms with Crippen LogP contribution in [0.15, 0.2) is 24.3 Å². The number of ether oxygens (including phenoxy) is 1. The van der Waals surface area contributed by atoms with Crippen LogP contribution in [0.5, 0.6) is 5.75 Å². The SMILES string of the molecule is COc1ccc(CC(=N)SC)cc1. The average Bonchev–Trinajstić information content (AvgIpc) is 2.19. The van der Waals surface area contributed by atoms with Gasteiger partial charge in [0.25, 0.3) is 0 Å². The van der Waals surface area contributed by atoms with E-state index < -0.39 is 0 Å². The van der Waals surface area contributed by atoms with Crippen LogP contribution in [-0.2, 0) is 6.42 Å².